The molecule has 14 aromatic rings. The normalized spacial score (nSPS) is 12.2. The van der Waals surface area contributed by atoms with Gasteiger partial charge in [0.25, 0.3) is 0 Å². The van der Waals surface area contributed by atoms with E-state index >= 15 is 0 Å². The zero-order chi connectivity index (χ0) is 40.5. The summed E-state index contributed by atoms with van der Waals surface area (Å²) in [6, 6.07) is 79.5. The maximum atomic E-state index is 2.46. The van der Waals surface area contributed by atoms with E-state index in [1.54, 1.807) is 0 Å². The monoisotopic (exact) mass is 801 g/mol. The van der Waals surface area contributed by atoms with Crippen LogP contribution in [0, 0.1) is 0 Å². The fourth-order valence-corrected chi connectivity index (χ4v) is 11.6. The Kier molecular flexibility index (Phi) is 7.05. The Balaban J connectivity index is 0.959. The first-order chi connectivity index (χ1) is 30.7. The van der Waals surface area contributed by atoms with Crippen LogP contribution in [0.3, 0.4) is 0 Å². The molecule has 12 aromatic carbocycles. The average Bonchev–Trinajstić information content (AvgIpc) is 3.86. The first-order valence-corrected chi connectivity index (χ1v) is 22.2. The van der Waals surface area contributed by atoms with Crippen LogP contribution in [0.1, 0.15) is 0 Å². The number of aromatic nitrogens is 1. The van der Waals surface area contributed by atoms with Crippen molar-refractivity contribution in [2.75, 3.05) is 0 Å². The second kappa shape index (κ2) is 12.9. The van der Waals surface area contributed by atoms with Crippen LogP contribution in [0.15, 0.2) is 212 Å². The van der Waals surface area contributed by atoms with Crippen molar-refractivity contribution in [3.63, 3.8) is 0 Å². The van der Waals surface area contributed by atoms with Crippen LogP contribution in [0.4, 0.5) is 0 Å². The van der Waals surface area contributed by atoms with Gasteiger partial charge < -0.3 is 4.57 Å². The molecule has 0 N–H and O–H groups in total. The molecule has 14 rings (SSSR count). The molecular weight excluding hydrogens is 767 g/mol. The molecule has 0 saturated heterocycles. The third-order valence-electron chi connectivity index (χ3n) is 13.5. The number of thiophene rings is 1. The van der Waals surface area contributed by atoms with E-state index in [9.17, 15) is 0 Å². The molecule has 0 atom stereocenters. The molecule has 0 aliphatic rings. The summed E-state index contributed by atoms with van der Waals surface area (Å²) in [6.07, 6.45) is 0. The summed E-state index contributed by atoms with van der Waals surface area (Å²) in [5.41, 5.74) is 8.57. The number of rotatable bonds is 3. The summed E-state index contributed by atoms with van der Waals surface area (Å²) in [7, 11) is 0. The van der Waals surface area contributed by atoms with Gasteiger partial charge in [-0.25, -0.2) is 0 Å². The van der Waals surface area contributed by atoms with Crippen molar-refractivity contribution in [2.24, 2.45) is 0 Å². The molecule has 0 fully saturated rings. The van der Waals surface area contributed by atoms with Gasteiger partial charge in [-0.3, -0.25) is 0 Å². The van der Waals surface area contributed by atoms with Gasteiger partial charge in [0.05, 0.1) is 11.0 Å². The average molecular weight is 802 g/mol. The van der Waals surface area contributed by atoms with Crippen LogP contribution in [0.25, 0.3) is 135 Å². The molecule has 62 heavy (non-hydrogen) atoms. The largest absolute Gasteiger partial charge is 0.309 e. The summed E-state index contributed by atoms with van der Waals surface area (Å²) in [5.74, 6) is 0. The zero-order valence-corrected chi connectivity index (χ0v) is 34.4. The van der Waals surface area contributed by atoms with Crippen LogP contribution in [-0.4, -0.2) is 4.57 Å². The molecule has 286 valence electrons. The highest BCUT2D eigenvalue weighted by atomic mass is 32.1. The fourth-order valence-electron chi connectivity index (χ4n) is 10.5. The van der Waals surface area contributed by atoms with Crippen LogP contribution >= 0.6 is 11.3 Å². The second-order valence-electron chi connectivity index (χ2n) is 16.9. The number of hydrogen-bond acceptors (Lipinski definition) is 1. The molecule has 2 aromatic heterocycles. The van der Waals surface area contributed by atoms with Crippen molar-refractivity contribution >= 4 is 118 Å². The van der Waals surface area contributed by atoms with Gasteiger partial charge in [-0.1, -0.05) is 140 Å². The molecule has 0 aliphatic heterocycles. The van der Waals surface area contributed by atoms with E-state index in [1.165, 1.54) is 135 Å². The van der Waals surface area contributed by atoms with Crippen molar-refractivity contribution in [1.82, 2.24) is 4.57 Å². The van der Waals surface area contributed by atoms with E-state index in [1.807, 2.05) is 11.3 Å². The van der Waals surface area contributed by atoms with Gasteiger partial charge in [0, 0.05) is 36.6 Å². The standard InChI is InChI=1S/C60H35NS/c1-2-13-44(14-3-1)61-57-33-39-12-5-4-11-38(39)30-53(57)54-34-51-47-17-9-8-16-46(47)50-29-41(22-25-48(50)52(51)35-58(54)61)43-24-27-60-56(32-43)55-31-42(23-26-59(55)62-60)40-21-20-37-19-18-36-10-6-7-15-45(36)49(37)28-40/h1-35H. The molecule has 1 nitrogen and oxygen atoms in total. The number of hydrogen-bond donors (Lipinski definition) is 0. The molecule has 0 saturated carbocycles. The Labute approximate surface area is 360 Å². The molecule has 0 spiro atoms. The van der Waals surface area contributed by atoms with Gasteiger partial charge in [-0.05, 0) is 160 Å². The van der Waals surface area contributed by atoms with Gasteiger partial charge in [-0.2, -0.15) is 0 Å². The third-order valence-corrected chi connectivity index (χ3v) is 14.6. The van der Waals surface area contributed by atoms with E-state index < -0.39 is 0 Å². The Morgan fingerprint density at radius 1 is 0.242 bits per heavy atom. The maximum Gasteiger partial charge on any atom is 0.0547 e. The number of nitrogens with zero attached hydrogens (tertiary/aromatic N) is 1. The zero-order valence-electron chi connectivity index (χ0n) is 33.6. The Morgan fingerprint density at radius 3 is 1.40 bits per heavy atom. The van der Waals surface area contributed by atoms with Crippen molar-refractivity contribution in [2.45, 2.75) is 0 Å². The van der Waals surface area contributed by atoms with Crippen LogP contribution in [-0.2, 0) is 0 Å². The Hall–Kier alpha value is -7.78. The summed E-state index contributed by atoms with van der Waals surface area (Å²) in [5, 5.41) is 20.5. The lowest BCUT2D eigenvalue weighted by Gasteiger charge is -2.14. The molecule has 0 aliphatic carbocycles. The van der Waals surface area contributed by atoms with Crippen LogP contribution in [0.2, 0.25) is 0 Å². The minimum Gasteiger partial charge on any atom is -0.309 e. The van der Waals surface area contributed by atoms with Crippen LogP contribution in [0.5, 0.6) is 0 Å². The van der Waals surface area contributed by atoms with Crippen molar-refractivity contribution in [3.8, 4) is 27.9 Å². The minimum absolute atomic E-state index is 1.17. The topological polar surface area (TPSA) is 4.93 Å². The first-order valence-electron chi connectivity index (χ1n) is 21.4. The van der Waals surface area contributed by atoms with Gasteiger partial charge in [0.1, 0.15) is 0 Å². The fraction of sp³-hybridized carbons (Fsp3) is 0. The molecule has 0 unspecified atom stereocenters. The van der Waals surface area contributed by atoms with Gasteiger partial charge in [0.2, 0.25) is 0 Å². The van der Waals surface area contributed by atoms with Gasteiger partial charge in [-0.15, -0.1) is 11.3 Å². The highest BCUT2D eigenvalue weighted by molar-refractivity contribution is 7.25. The summed E-state index contributed by atoms with van der Waals surface area (Å²) in [6.45, 7) is 0. The predicted octanol–water partition coefficient (Wildman–Crippen LogP) is 17.4. The van der Waals surface area contributed by atoms with Gasteiger partial charge in [0.15, 0.2) is 0 Å². The minimum atomic E-state index is 1.17. The predicted molar refractivity (Wildman–Crippen MR) is 270 cm³/mol. The highest BCUT2D eigenvalue weighted by Crippen LogP contribution is 2.44. The lowest BCUT2D eigenvalue weighted by Crippen LogP contribution is -1.93. The lowest BCUT2D eigenvalue weighted by molar-refractivity contribution is 1.18. The van der Waals surface area contributed by atoms with E-state index in [2.05, 4.69) is 217 Å². The first kappa shape index (κ1) is 34.0. The van der Waals surface area contributed by atoms with Crippen LogP contribution < -0.4 is 0 Å². The molecule has 2 heteroatoms. The summed E-state index contributed by atoms with van der Waals surface area (Å²) >= 11 is 1.88. The van der Waals surface area contributed by atoms with Crippen molar-refractivity contribution in [1.29, 1.82) is 0 Å². The number of fused-ring (bicyclic) bond motifs is 16. The van der Waals surface area contributed by atoms with E-state index in [4.69, 9.17) is 0 Å². The number of para-hydroxylation sites is 1. The van der Waals surface area contributed by atoms with Gasteiger partial charge >= 0.3 is 0 Å². The Morgan fingerprint density at radius 2 is 0.694 bits per heavy atom. The smallest absolute Gasteiger partial charge is 0.0547 e. The van der Waals surface area contributed by atoms with E-state index in [0.29, 0.717) is 0 Å². The molecule has 0 radical (unpaired) electrons. The lowest BCUT2D eigenvalue weighted by atomic mass is 9.91. The van der Waals surface area contributed by atoms with Crippen molar-refractivity contribution in [3.05, 3.63) is 212 Å². The Bertz CT molecular complexity index is 4210. The molecule has 0 amide bonds. The SMILES string of the molecule is c1ccc(-n2c3cc4ccccc4cc3c3cc4c5ccccc5c5cc(-c6ccc7sc8ccc(-c9ccc%10ccc%11ccccc%11c%10c9)cc8c7c6)ccc5c4cc32)cc1. The van der Waals surface area contributed by atoms with E-state index in [0.717, 1.165) is 0 Å². The highest BCUT2D eigenvalue weighted by Gasteiger charge is 2.18. The summed E-state index contributed by atoms with van der Waals surface area (Å²) < 4.78 is 5.09. The van der Waals surface area contributed by atoms with E-state index in [-0.39, 0.29) is 0 Å². The van der Waals surface area contributed by atoms with Crippen molar-refractivity contribution < 1.29 is 0 Å². The third kappa shape index (κ3) is 4.96. The summed E-state index contributed by atoms with van der Waals surface area (Å²) in [4.78, 5) is 0. The number of benzene rings is 12. The second-order valence-corrected chi connectivity index (χ2v) is 17.9. The molecule has 0 bridgehead atoms. The maximum absolute atomic E-state index is 2.46. The molecular formula is C60H35NS. The molecule has 2 heterocycles. The quantitative estimate of drug-likeness (QED) is 0.157.